The zero-order valence-electron chi connectivity index (χ0n) is 48.4. The van der Waals surface area contributed by atoms with E-state index in [1.807, 2.05) is 144 Å². The molecule has 4 heterocycles. The number of aromatic nitrogens is 3. The molecule has 3 aromatic heterocycles. The quantitative estimate of drug-likeness (QED) is 0.0459. The van der Waals surface area contributed by atoms with Crippen molar-refractivity contribution in [3.63, 3.8) is 0 Å². The topological polar surface area (TPSA) is 211 Å². The van der Waals surface area contributed by atoms with E-state index in [2.05, 4.69) is 26.3 Å². The molecule has 17 nitrogen and oxygen atoms in total. The number of hydrogen-bond acceptors (Lipinski definition) is 13. The Bertz CT molecular complexity index is 3280. The van der Waals surface area contributed by atoms with Crippen molar-refractivity contribution < 1.29 is 29.1 Å². The van der Waals surface area contributed by atoms with Gasteiger partial charge in [-0.25, -0.2) is 9.97 Å². The molecule has 6 aromatic rings. The van der Waals surface area contributed by atoms with Gasteiger partial charge in [-0.1, -0.05) is 83.1 Å². The van der Waals surface area contributed by atoms with Crippen LogP contribution in [0.4, 0.5) is 17.2 Å². The first-order valence-corrected chi connectivity index (χ1v) is 29.6. The number of aryl methyl sites for hydroxylation is 4. The van der Waals surface area contributed by atoms with Crippen LogP contribution in [0.25, 0.3) is 21.7 Å². The van der Waals surface area contributed by atoms with Gasteiger partial charge in [0.25, 0.3) is 11.5 Å². The summed E-state index contributed by atoms with van der Waals surface area (Å²) in [5, 5.41) is 22.6. The molecule has 5 N–H and O–H groups in total. The standard InChI is InChI=1S/C62H78N10O7S2/c1-38(73)34-72(36-52(75)63-33-41-19-21-43(22-20-41)54-40(3)64-37-80-54)59(78)55(61(4,5)6)68-51(74)32-62(7,8)27-14-28-71-30-29-69(9)53(58(71)77)42-23-25-45(26-24-42)65-56-60(79)70(10)35-48(66-56)46-16-13-17-47(39(46)2)67-57(76)50-31-44-15-11-12-18-49(44)81-50/h13,16-17,19-26,31,35,37-38,53,55,73H,11-12,14-15,18,27-30,32-34,36H2,1-10H3,(H,63,75)(H,65,66)(H,67,76)(H,68,74)/t38-,53-,55?/m1/s1. The molecule has 0 bridgehead atoms. The summed E-state index contributed by atoms with van der Waals surface area (Å²) in [6, 6.07) is 21.5. The molecule has 81 heavy (non-hydrogen) atoms. The van der Waals surface area contributed by atoms with Crippen molar-refractivity contribution in [2.75, 3.05) is 50.4 Å². The van der Waals surface area contributed by atoms with Crippen LogP contribution in [0, 0.1) is 24.7 Å². The first kappa shape index (κ1) is 60.0. The smallest absolute Gasteiger partial charge is 0.293 e. The molecule has 0 radical (unpaired) electrons. The number of carbonyl (C=O) groups is 5. The molecule has 1 fully saturated rings. The lowest BCUT2D eigenvalue weighted by Crippen LogP contribution is -2.57. The molecule has 1 unspecified atom stereocenters. The van der Waals surface area contributed by atoms with Crippen molar-refractivity contribution in [1.82, 2.24) is 39.9 Å². The van der Waals surface area contributed by atoms with Crippen LogP contribution in [0.2, 0.25) is 0 Å². The highest BCUT2D eigenvalue weighted by atomic mass is 32.1. The molecule has 0 spiro atoms. The van der Waals surface area contributed by atoms with E-state index in [1.54, 1.807) is 42.8 Å². The van der Waals surface area contributed by atoms with E-state index in [0.29, 0.717) is 54.4 Å². The number of thiazole rings is 1. The number of piperazine rings is 1. The third kappa shape index (κ3) is 15.1. The highest BCUT2D eigenvalue weighted by Gasteiger charge is 2.38. The summed E-state index contributed by atoms with van der Waals surface area (Å²) in [5.74, 6) is -1.18. The van der Waals surface area contributed by atoms with Crippen molar-refractivity contribution >= 4 is 69.4 Å². The maximum atomic E-state index is 14.3. The predicted octanol–water partition coefficient (Wildman–Crippen LogP) is 9.19. The first-order valence-electron chi connectivity index (χ1n) is 27.9. The molecular formula is C62H78N10O7S2. The van der Waals surface area contributed by atoms with Crippen LogP contribution >= 0.6 is 22.7 Å². The number of rotatable bonds is 21. The number of nitrogens with one attached hydrogen (secondary N) is 4. The van der Waals surface area contributed by atoms with Crippen LogP contribution in [0.5, 0.6) is 0 Å². The van der Waals surface area contributed by atoms with Gasteiger partial charge >= 0.3 is 0 Å². The average molecular weight is 1140 g/mol. The second kappa shape index (κ2) is 25.8. The Morgan fingerprint density at radius 3 is 2.32 bits per heavy atom. The van der Waals surface area contributed by atoms with Crippen LogP contribution in [0.1, 0.15) is 122 Å². The SMILES string of the molecule is Cc1ncsc1-c1ccc(CNC(=O)CN(C[C@@H](C)O)C(=O)C(NC(=O)CC(C)(C)CCCN2CCN(C)[C@H](c3ccc(Nc4nc(-c5cccc(NC(=O)c6cc7c(s6)CCCC7)c5C)cn(C)c4=O)cc3)C2=O)C(C)(C)C)cc1. The van der Waals surface area contributed by atoms with Gasteiger partial charge in [0.1, 0.15) is 12.1 Å². The fraction of sp³-hybridized carbons (Fsp3) is 0.452. The maximum absolute atomic E-state index is 14.3. The second-order valence-electron chi connectivity index (χ2n) is 23.7. The van der Waals surface area contributed by atoms with Gasteiger partial charge in [0.05, 0.1) is 39.3 Å². The normalized spacial score (nSPS) is 15.6. The largest absolute Gasteiger partial charge is 0.392 e. The Balaban J connectivity index is 0.837. The van der Waals surface area contributed by atoms with Crippen LogP contribution in [0.3, 0.4) is 0 Å². The van der Waals surface area contributed by atoms with Crippen LogP contribution < -0.4 is 26.8 Å². The molecule has 19 heteroatoms. The predicted molar refractivity (Wildman–Crippen MR) is 322 cm³/mol. The Morgan fingerprint density at radius 1 is 0.914 bits per heavy atom. The van der Waals surface area contributed by atoms with E-state index >= 15 is 0 Å². The first-order chi connectivity index (χ1) is 38.4. The van der Waals surface area contributed by atoms with E-state index in [1.165, 1.54) is 19.9 Å². The van der Waals surface area contributed by atoms with Crippen molar-refractivity contribution in [1.29, 1.82) is 0 Å². The lowest BCUT2D eigenvalue weighted by atomic mass is 9.82. The molecule has 430 valence electrons. The Labute approximate surface area is 483 Å². The number of carbonyl (C=O) groups excluding carboxylic acids is 5. The van der Waals surface area contributed by atoms with Gasteiger partial charge in [-0.05, 0) is 129 Å². The monoisotopic (exact) mass is 1140 g/mol. The minimum Gasteiger partial charge on any atom is -0.392 e. The fourth-order valence-electron chi connectivity index (χ4n) is 10.7. The van der Waals surface area contributed by atoms with Gasteiger partial charge in [0.15, 0.2) is 5.82 Å². The van der Waals surface area contributed by atoms with E-state index in [9.17, 15) is 33.9 Å². The zero-order chi connectivity index (χ0) is 58.3. The lowest BCUT2D eigenvalue weighted by molar-refractivity contribution is -0.143. The number of anilines is 3. The zero-order valence-corrected chi connectivity index (χ0v) is 50.0. The summed E-state index contributed by atoms with van der Waals surface area (Å²) in [7, 11) is 3.61. The molecule has 3 atom stereocenters. The minimum absolute atomic E-state index is 0.0231. The molecule has 0 saturated carbocycles. The number of amides is 5. The number of benzene rings is 3. The van der Waals surface area contributed by atoms with Gasteiger partial charge in [-0.15, -0.1) is 22.7 Å². The molecule has 1 aliphatic heterocycles. The Hall–Kier alpha value is -7.06. The number of nitrogens with zero attached hydrogens (tertiary/aromatic N) is 6. The van der Waals surface area contributed by atoms with Crippen LogP contribution in [0.15, 0.2) is 89.3 Å². The second-order valence-corrected chi connectivity index (χ2v) is 25.7. The van der Waals surface area contributed by atoms with Crippen molar-refractivity contribution in [3.05, 3.63) is 133 Å². The summed E-state index contributed by atoms with van der Waals surface area (Å²) >= 11 is 3.14. The fourth-order valence-corrected chi connectivity index (χ4v) is 12.6. The van der Waals surface area contributed by atoms with Crippen molar-refractivity contribution in [2.24, 2.45) is 17.9 Å². The van der Waals surface area contributed by atoms with Gasteiger partial charge in [-0.3, -0.25) is 33.7 Å². The van der Waals surface area contributed by atoms with Crippen LogP contribution in [-0.2, 0) is 45.6 Å². The van der Waals surface area contributed by atoms with Gasteiger partial charge in [0.2, 0.25) is 23.6 Å². The summed E-state index contributed by atoms with van der Waals surface area (Å²) in [6.07, 6.45) is 6.52. The maximum Gasteiger partial charge on any atom is 0.293 e. The lowest BCUT2D eigenvalue weighted by Gasteiger charge is -2.39. The number of thiophene rings is 1. The Kier molecular flexibility index (Phi) is 19.1. The van der Waals surface area contributed by atoms with Gasteiger partial charge in [0, 0.05) is 74.2 Å². The van der Waals surface area contributed by atoms with E-state index in [4.69, 9.17) is 4.98 Å². The Morgan fingerprint density at radius 2 is 1.64 bits per heavy atom. The van der Waals surface area contributed by atoms with E-state index < -0.39 is 40.8 Å². The molecule has 8 rings (SSSR count). The van der Waals surface area contributed by atoms with E-state index in [-0.39, 0.29) is 55.2 Å². The highest BCUT2D eigenvalue weighted by Crippen LogP contribution is 2.35. The molecule has 1 aliphatic carbocycles. The van der Waals surface area contributed by atoms with Crippen molar-refractivity contribution in [2.45, 2.75) is 125 Å². The summed E-state index contributed by atoms with van der Waals surface area (Å²) < 4.78 is 1.49. The third-order valence-corrected chi connectivity index (χ3v) is 17.5. The molecule has 5 amide bonds. The number of aliphatic hydroxyl groups is 1. The third-order valence-electron chi connectivity index (χ3n) is 15.3. The number of fused-ring (bicyclic) bond motifs is 1. The molecule has 2 aliphatic rings. The highest BCUT2D eigenvalue weighted by molar-refractivity contribution is 7.14. The van der Waals surface area contributed by atoms with Gasteiger partial charge < -0.3 is 40.7 Å². The van der Waals surface area contributed by atoms with Gasteiger partial charge in [-0.2, -0.15) is 0 Å². The summed E-state index contributed by atoms with van der Waals surface area (Å²) in [6.45, 7) is 16.6. The van der Waals surface area contributed by atoms with E-state index in [0.717, 1.165) is 64.1 Å². The summed E-state index contributed by atoms with van der Waals surface area (Å²) in [5.41, 5.74) is 8.73. The average Bonchev–Trinajstić information content (AvgIpc) is 4.06. The minimum atomic E-state index is -0.974. The molecule has 3 aromatic carbocycles. The number of hydrogen-bond donors (Lipinski definition) is 5. The number of aliphatic hydroxyl groups excluding tert-OH is 1. The van der Waals surface area contributed by atoms with Crippen LogP contribution in [-0.4, -0.2) is 116 Å². The molecular weight excluding hydrogens is 1060 g/mol. The molecule has 1 saturated heterocycles. The summed E-state index contributed by atoms with van der Waals surface area (Å²) in [4.78, 5) is 99.9. The van der Waals surface area contributed by atoms with Crippen molar-refractivity contribution in [3.8, 4) is 21.7 Å². The number of likely N-dealkylation sites (N-methyl/N-ethyl adjacent to an activating group) is 1.